The molecular weight excluding hydrogens is 316 g/mol. The quantitative estimate of drug-likeness (QED) is 0.791. The minimum Gasteiger partial charge on any atom is -0.271 e. The van der Waals surface area contributed by atoms with Gasteiger partial charge >= 0.3 is 10.2 Å². The summed E-state index contributed by atoms with van der Waals surface area (Å²) in [7, 11) is -3.57. The van der Waals surface area contributed by atoms with Crippen LogP contribution in [0.4, 0.5) is 5.69 Å². The van der Waals surface area contributed by atoms with E-state index in [0.29, 0.717) is 30.3 Å². The Hall–Kier alpha value is -2.00. The van der Waals surface area contributed by atoms with E-state index in [1.807, 2.05) is 19.9 Å². The fourth-order valence-electron chi connectivity index (χ4n) is 2.24. The summed E-state index contributed by atoms with van der Waals surface area (Å²) in [6, 6.07) is 6.99. The molecule has 0 bridgehead atoms. The number of aryl methyl sites for hydroxylation is 1. The van der Waals surface area contributed by atoms with Crippen LogP contribution in [0.3, 0.4) is 0 Å². The average molecular weight is 338 g/mol. The van der Waals surface area contributed by atoms with Gasteiger partial charge in [-0.15, -0.1) is 5.10 Å². The third kappa shape index (κ3) is 4.26. The van der Waals surface area contributed by atoms with E-state index in [1.54, 1.807) is 29.8 Å². The van der Waals surface area contributed by atoms with E-state index in [4.69, 9.17) is 0 Å². The van der Waals surface area contributed by atoms with Crippen molar-refractivity contribution < 1.29 is 8.42 Å². The van der Waals surface area contributed by atoms with Crippen molar-refractivity contribution in [2.45, 2.75) is 33.6 Å². The molecule has 0 aliphatic carbocycles. The van der Waals surface area contributed by atoms with Crippen LogP contribution in [0.2, 0.25) is 0 Å². The number of tetrazole rings is 1. The highest BCUT2D eigenvalue weighted by Crippen LogP contribution is 2.17. The lowest BCUT2D eigenvalue weighted by Crippen LogP contribution is -2.37. The van der Waals surface area contributed by atoms with Gasteiger partial charge in [0.15, 0.2) is 5.82 Å². The summed E-state index contributed by atoms with van der Waals surface area (Å²) in [6.07, 6.45) is 1.54. The van der Waals surface area contributed by atoms with Gasteiger partial charge in [0.25, 0.3) is 0 Å². The minimum absolute atomic E-state index is 0.481. The monoisotopic (exact) mass is 338 g/mol. The Labute approximate surface area is 136 Å². The average Bonchev–Trinajstić information content (AvgIpc) is 2.93. The van der Waals surface area contributed by atoms with Crippen molar-refractivity contribution in [3.05, 3.63) is 30.1 Å². The number of anilines is 1. The fourth-order valence-corrected chi connectivity index (χ4v) is 3.64. The van der Waals surface area contributed by atoms with Gasteiger partial charge in [0.1, 0.15) is 0 Å². The molecule has 8 nitrogen and oxygen atoms in total. The van der Waals surface area contributed by atoms with Crippen molar-refractivity contribution >= 4 is 15.9 Å². The molecule has 0 aliphatic heterocycles. The van der Waals surface area contributed by atoms with Crippen molar-refractivity contribution in [1.29, 1.82) is 0 Å². The van der Waals surface area contributed by atoms with Gasteiger partial charge in [0.05, 0.1) is 11.4 Å². The zero-order valence-electron chi connectivity index (χ0n) is 13.6. The van der Waals surface area contributed by atoms with Crippen LogP contribution in [0.25, 0.3) is 5.69 Å². The molecule has 0 spiro atoms. The maximum atomic E-state index is 12.5. The molecule has 126 valence electrons. The highest BCUT2D eigenvalue weighted by Gasteiger charge is 2.20. The Bertz CT molecular complexity index is 737. The largest absolute Gasteiger partial charge is 0.301 e. The number of hydrogen-bond donors (Lipinski definition) is 1. The maximum absolute atomic E-state index is 12.5. The van der Waals surface area contributed by atoms with E-state index >= 15 is 0 Å². The number of benzene rings is 1. The van der Waals surface area contributed by atoms with Crippen molar-refractivity contribution in [3.63, 3.8) is 0 Å². The van der Waals surface area contributed by atoms with E-state index in [2.05, 4.69) is 20.2 Å². The molecule has 0 unspecified atom stereocenters. The lowest BCUT2D eigenvalue weighted by molar-refractivity contribution is 0.413. The van der Waals surface area contributed by atoms with Crippen LogP contribution in [-0.2, 0) is 10.2 Å². The normalized spacial score (nSPS) is 11.8. The first kappa shape index (κ1) is 17.4. The SMILES string of the molecule is CCCN(CCC)S(=O)(=O)Nc1cccc(-n2nnnc2C)c1. The van der Waals surface area contributed by atoms with Gasteiger partial charge in [0, 0.05) is 13.1 Å². The Morgan fingerprint density at radius 1 is 1.22 bits per heavy atom. The number of rotatable bonds is 8. The fraction of sp³-hybridized carbons (Fsp3) is 0.500. The number of nitrogens with one attached hydrogen (secondary N) is 1. The summed E-state index contributed by atoms with van der Waals surface area (Å²) in [4.78, 5) is 0. The molecule has 0 atom stereocenters. The number of nitrogens with zero attached hydrogens (tertiary/aromatic N) is 5. The number of aromatic nitrogens is 4. The van der Waals surface area contributed by atoms with Crippen molar-refractivity contribution in [2.75, 3.05) is 17.8 Å². The zero-order chi connectivity index (χ0) is 16.9. The minimum atomic E-state index is -3.57. The molecule has 0 saturated carbocycles. The van der Waals surface area contributed by atoms with Gasteiger partial charge in [-0.1, -0.05) is 19.9 Å². The molecule has 2 aromatic rings. The summed E-state index contributed by atoms with van der Waals surface area (Å²) in [5.41, 5.74) is 1.18. The lowest BCUT2D eigenvalue weighted by atomic mass is 10.3. The predicted octanol–water partition coefficient (Wildman–Crippen LogP) is 1.75. The molecule has 0 fully saturated rings. The summed E-state index contributed by atoms with van der Waals surface area (Å²) in [5, 5.41) is 11.3. The second kappa shape index (κ2) is 7.51. The first-order chi connectivity index (χ1) is 11.0. The van der Waals surface area contributed by atoms with Gasteiger partial charge < -0.3 is 0 Å². The van der Waals surface area contributed by atoms with Crippen LogP contribution < -0.4 is 4.72 Å². The van der Waals surface area contributed by atoms with Gasteiger partial charge in [-0.25, -0.2) is 0 Å². The first-order valence-electron chi connectivity index (χ1n) is 7.61. The Morgan fingerprint density at radius 2 is 1.91 bits per heavy atom. The Balaban J connectivity index is 2.24. The van der Waals surface area contributed by atoms with Crippen LogP contribution in [0.15, 0.2) is 24.3 Å². The molecule has 1 aromatic heterocycles. The van der Waals surface area contributed by atoms with Crippen molar-refractivity contribution in [3.8, 4) is 5.69 Å². The summed E-state index contributed by atoms with van der Waals surface area (Å²) in [5.74, 6) is 0.628. The van der Waals surface area contributed by atoms with E-state index in [-0.39, 0.29) is 0 Å². The van der Waals surface area contributed by atoms with Crippen LogP contribution in [0, 0.1) is 6.92 Å². The van der Waals surface area contributed by atoms with Gasteiger partial charge in [-0.3, -0.25) is 4.72 Å². The lowest BCUT2D eigenvalue weighted by Gasteiger charge is -2.21. The topological polar surface area (TPSA) is 93.0 Å². The molecule has 1 N–H and O–H groups in total. The molecule has 0 amide bonds. The third-order valence-corrected chi connectivity index (χ3v) is 4.79. The maximum Gasteiger partial charge on any atom is 0.301 e. The van der Waals surface area contributed by atoms with Crippen molar-refractivity contribution in [2.24, 2.45) is 0 Å². The van der Waals surface area contributed by atoms with Gasteiger partial charge in [0.2, 0.25) is 0 Å². The highest BCUT2D eigenvalue weighted by molar-refractivity contribution is 7.90. The highest BCUT2D eigenvalue weighted by atomic mass is 32.2. The molecule has 0 radical (unpaired) electrons. The smallest absolute Gasteiger partial charge is 0.271 e. The molecule has 0 saturated heterocycles. The number of hydrogen-bond acceptors (Lipinski definition) is 5. The zero-order valence-corrected chi connectivity index (χ0v) is 14.4. The summed E-state index contributed by atoms with van der Waals surface area (Å²) in [6.45, 7) is 6.68. The predicted molar refractivity (Wildman–Crippen MR) is 88.6 cm³/mol. The second-order valence-corrected chi connectivity index (χ2v) is 6.87. The van der Waals surface area contributed by atoms with Crippen molar-refractivity contribution in [1.82, 2.24) is 24.5 Å². The summed E-state index contributed by atoms with van der Waals surface area (Å²) < 4.78 is 30.7. The molecule has 23 heavy (non-hydrogen) atoms. The van der Waals surface area contributed by atoms with Gasteiger partial charge in [-0.2, -0.15) is 17.4 Å². The second-order valence-electron chi connectivity index (χ2n) is 5.19. The molecule has 9 heteroatoms. The molecule has 0 aliphatic rings. The van der Waals surface area contributed by atoms with Crippen LogP contribution in [-0.4, -0.2) is 46.0 Å². The first-order valence-corrected chi connectivity index (χ1v) is 9.05. The molecular formula is C14H22N6O2S. The van der Waals surface area contributed by atoms with Crippen LogP contribution in [0.5, 0.6) is 0 Å². The molecule has 1 heterocycles. The summed E-state index contributed by atoms with van der Waals surface area (Å²) >= 11 is 0. The van der Waals surface area contributed by atoms with E-state index in [9.17, 15) is 8.42 Å². The van der Waals surface area contributed by atoms with E-state index in [0.717, 1.165) is 12.8 Å². The van der Waals surface area contributed by atoms with Gasteiger partial charge in [-0.05, 0) is 48.4 Å². The van der Waals surface area contributed by atoms with Crippen LogP contribution >= 0.6 is 0 Å². The third-order valence-electron chi connectivity index (χ3n) is 3.25. The standard InChI is InChI=1S/C14H22N6O2S/c1-4-9-19(10-5-2)23(21,22)16-13-7-6-8-14(11-13)20-12(3)15-17-18-20/h6-8,11,16H,4-5,9-10H2,1-3H3. The molecule has 1 aromatic carbocycles. The molecule has 2 rings (SSSR count). The van der Waals surface area contributed by atoms with E-state index < -0.39 is 10.2 Å². The van der Waals surface area contributed by atoms with E-state index in [1.165, 1.54) is 4.31 Å². The van der Waals surface area contributed by atoms with Crippen LogP contribution in [0.1, 0.15) is 32.5 Å². The Morgan fingerprint density at radius 3 is 2.48 bits per heavy atom. The Kier molecular flexibility index (Phi) is 5.67.